The summed E-state index contributed by atoms with van der Waals surface area (Å²) in [5.74, 6) is 0.0268. The Morgan fingerprint density at radius 3 is 0.729 bits per heavy atom. The summed E-state index contributed by atoms with van der Waals surface area (Å²) in [6.45, 7) is 5.22. The van der Waals surface area contributed by atoms with Gasteiger partial charge in [0.25, 0.3) is 0 Å². The zero-order chi connectivity index (χ0) is 42.5. The molecule has 0 atom stereocenters. The lowest BCUT2D eigenvalue weighted by molar-refractivity contribution is -0.143. The Bertz CT molecular complexity index is 773. The van der Waals surface area contributed by atoms with E-state index in [9.17, 15) is 4.79 Å². The first-order valence-corrected chi connectivity index (χ1v) is 28.1. The molecule has 0 radical (unpaired) electrons. The minimum absolute atomic E-state index is 0.0268. The molecule has 0 aliphatic carbocycles. The van der Waals surface area contributed by atoms with E-state index in [0.29, 0.717) is 13.0 Å². The minimum Gasteiger partial charge on any atom is -0.466 e. The molecule has 2 nitrogen and oxygen atoms in total. The van der Waals surface area contributed by atoms with E-state index in [2.05, 4.69) is 26.0 Å². The zero-order valence-electron chi connectivity index (χ0n) is 41.2. The Morgan fingerprint density at radius 2 is 0.475 bits per heavy atom. The topological polar surface area (TPSA) is 26.3 Å². The number of hydrogen-bond donors (Lipinski definition) is 0. The second-order valence-corrected chi connectivity index (χ2v) is 19.3. The SMILES string of the molecule is CCCCCCCC/C=C\CCCCCCCCOC(=O)CCCCCCCCCCCCCCCCCCCCCCCCCCCCCCCCCCCCCC. The molecule has 0 aromatic carbocycles. The maximum absolute atomic E-state index is 12.1. The van der Waals surface area contributed by atoms with Crippen LogP contribution >= 0.6 is 0 Å². The minimum atomic E-state index is 0.0268. The molecule has 0 N–H and O–H groups in total. The molecule has 0 spiro atoms. The van der Waals surface area contributed by atoms with Gasteiger partial charge in [0.05, 0.1) is 6.61 Å². The fourth-order valence-electron chi connectivity index (χ4n) is 8.96. The third-order valence-corrected chi connectivity index (χ3v) is 13.2. The molecular weight excluding hydrogens is 717 g/mol. The molecule has 0 saturated heterocycles. The fraction of sp³-hybridized carbons (Fsp3) is 0.947. The summed E-state index contributed by atoms with van der Waals surface area (Å²) in [4.78, 5) is 12.1. The number of ether oxygens (including phenoxy) is 1. The van der Waals surface area contributed by atoms with Crippen molar-refractivity contribution >= 4 is 5.97 Å². The normalized spacial score (nSPS) is 11.7. The van der Waals surface area contributed by atoms with Gasteiger partial charge in [0, 0.05) is 6.42 Å². The highest BCUT2D eigenvalue weighted by Gasteiger charge is 2.03. The van der Waals surface area contributed by atoms with Crippen LogP contribution in [0.4, 0.5) is 0 Å². The second kappa shape index (κ2) is 55.2. The van der Waals surface area contributed by atoms with E-state index in [1.807, 2.05) is 0 Å². The second-order valence-electron chi connectivity index (χ2n) is 19.3. The van der Waals surface area contributed by atoms with E-state index >= 15 is 0 Å². The molecule has 0 aliphatic rings. The number of rotatable bonds is 53. The van der Waals surface area contributed by atoms with Crippen LogP contribution in [-0.2, 0) is 9.53 Å². The first-order chi connectivity index (χ1) is 29.3. The van der Waals surface area contributed by atoms with Crippen LogP contribution in [-0.4, -0.2) is 12.6 Å². The summed E-state index contributed by atoms with van der Waals surface area (Å²) in [6, 6.07) is 0. The number of allylic oxidation sites excluding steroid dienone is 2. The van der Waals surface area contributed by atoms with Gasteiger partial charge in [0.2, 0.25) is 0 Å². The van der Waals surface area contributed by atoms with Gasteiger partial charge in [0.15, 0.2) is 0 Å². The standard InChI is InChI=1S/C57H112O2/c1-3-5-7-9-11-13-15-17-19-21-22-23-24-25-26-27-28-29-30-31-32-33-34-35-36-37-38-39-40-41-43-45-47-49-51-53-55-57(58)59-56-54-52-50-48-46-44-42-20-18-16-14-12-10-8-6-4-2/h18,20H,3-17,19,21-56H2,1-2H3/b20-18-. The Hall–Kier alpha value is -0.790. The number of carbonyl (C=O) groups is 1. The molecule has 0 heterocycles. The molecule has 352 valence electrons. The van der Waals surface area contributed by atoms with Crippen molar-refractivity contribution in [3.8, 4) is 0 Å². The van der Waals surface area contributed by atoms with Crippen LogP contribution in [0.25, 0.3) is 0 Å². The van der Waals surface area contributed by atoms with Crippen LogP contribution in [0, 0.1) is 0 Å². The number of esters is 1. The van der Waals surface area contributed by atoms with Crippen molar-refractivity contribution in [2.24, 2.45) is 0 Å². The van der Waals surface area contributed by atoms with Crippen molar-refractivity contribution in [1.82, 2.24) is 0 Å². The average molecular weight is 830 g/mol. The highest BCUT2D eigenvalue weighted by molar-refractivity contribution is 5.69. The van der Waals surface area contributed by atoms with Crippen LogP contribution in [0.15, 0.2) is 12.2 Å². The third kappa shape index (κ3) is 55.2. The van der Waals surface area contributed by atoms with Crippen LogP contribution in [0.1, 0.15) is 341 Å². The van der Waals surface area contributed by atoms with Crippen LogP contribution in [0.3, 0.4) is 0 Å². The fourth-order valence-corrected chi connectivity index (χ4v) is 8.96. The van der Waals surface area contributed by atoms with E-state index in [4.69, 9.17) is 4.74 Å². The Labute approximate surface area is 374 Å². The molecule has 0 fully saturated rings. The highest BCUT2D eigenvalue weighted by Crippen LogP contribution is 2.18. The van der Waals surface area contributed by atoms with Gasteiger partial charge in [0.1, 0.15) is 0 Å². The molecule has 0 aliphatic heterocycles. The molecule has 0 saturated carbocycles. The van der Waals surface area contributed by atoms with Crippen molar-refractivity contribution < 1.29 is 9.53 Å². The number of hydrogen-bond acceptors (Lipinski definition) is 2. The molecule has 2 heteroatoms. The van der Waals surface area contributed by atoms with Crippen LogP contribution in [0.2, 0.25) is 0 Å². The van der Waals surface area contributed by atoms with Crippen molar-refractivity contribution in [2.75, 3.05) is 6.61 Å². The first-order valence-electron chi connectivity index (χ1n) is 28.1. The summed E-state index contributed by atoms with van der Waals surface area (Å²) >= 11 is 0. The van der Waals surface area contributed by atoms with Gasteiger partial charge < -0.3 is 4.74 Å². The summed E-state index contributed by atoms with van der Waals surface area (Å²) in [7, 11) is 0. The van der Waals surface area contributed by atoms with Crippen molar-refractivity contribution in [3.05, 3.63) is 12.2 Å². The molecule has 0 rings (SSSR count). The monoisotopic (exact) mass is 829 g/mol. The van der Waals surface area contributed by atoms with Crippen molar-refractivity contribution in [2.45, 2.75) is 341 Å². The smallest absolute Gasteiger partial charge is 0.305 e. The Morgan fingerprint density at radius 1 is 0.271 bits per heavy atom. The van der Waals surface area contributed by atoms with E-state index in [1.54, 1.807) is 0 Å². The maximum Gasteiger partial charge on any atom is 0.305 e. The molecule has 0 bridgehead atoms. The lowest BCUT2D eigenvalue weighted by atomic mass is 10.0. The third-order valence-electron chi connectivity index (χ3n) is 13.2. The predicted octanol–water partition coefficient (Wildman–Crippen LogP) is 21.0. The lowest BCUT2D eigenvalue weighted by Crippen LogP contribution is -2.05. The molecule has 0 aromatic rings. The largest absolute Gasteiger partial charge is 0.466 e. The Balaban J connectivity index is 3.15. The molecule has 0 unspecified atom stereocenters. The summed E-state index contributed by atoms with van der Waals surface area (Å²) < 4.78 is 5.49. The van der Waals surface area contributed by atoms with Gasteiger partial charge in [-0.2, -0.15) is 0 Å². The molecule has 0 aromatic heterocycles. The summed E-state index contributed by atoms with van der Waals surface area (Å²) in [6.07, 6.45) is 75.4. The lowest BCUT2D eigenvalue weighted by Gasteiger charge is -2.06. The van der Waals surface area contributed by atoms with E-state index < -0.39 is 0 Å². The molecule has 59 heavy (non-hydrogen) atoms. The van der Waals surface area contributed by atoms with E-state index in [1.165, 1.54) is 308 Å². The van der Waals surface area contributed by atoms with Crippen molar-refractivity contribution in [3.63, 3.8) is 0 Å². The molecular formula is C57H112O2. The summed E-state index contributed by atoms with van der Waals surface area (Å²) in [5.41, 5.74) is 0. The molecule has 0 amide bonds. The van der Waals surface area contributed by atoms with Crippen LogP contribution in [0.5, 0.6) is 0 Å². The van der Waals surface area contributed by atoms with Gasteiger partial charge in [-0.05, 0) is 38.5 Å². The van der Waals surface area contributed by atoms with E-state index in [0.717, 1.165) is 12.8 Å². The van der Waals surface area contributed by atoms with Gasteiger partial charge in [-0.25, -0.2) is 0 Å². The van der Waals surface area contributed by atoms with E-state index in [-0.39, 0.29) is 5.97 Å². The zero-order valence-corrected chi connectivity index (χ0v) is 41.2. The van der Waals surface area contributed by atoms with Gasteiger partial charge >= 0.3 is 5.97 Å². The predicted molar refractivity (Wildman–Crippen MR) is 267 cm³/mol. The van der Waals surface area contributed by atoms with Gasteiger partial charge in [-0.1, -0.05) is 309 Å². The average Bonchev–Trinajstić information content (AvgIpc) is 3.24. The van der Waals surface area contributed by atoms with Gasteiger partial charge in [-0.15, -0.1) is 0 Å². The first kappa shape index (κ1) is 58.2. The highest BCUT2D eigenvalue weighted by atomic mass is 16.5. The van der Waals surface area contributed by atoms with Crippen LogP contribution < -0.4 is 0 Å². The number of carbonyl (C=O) groups excluding carboxylic acids is 1. The quantitative estimate of drug-likeness (QED) is 0.0347. The Kier molecular flexibility index (Phi) is 54.5. The summed E-state index contributed by atoms with van der Waals surface area (Å²) in [5, 5.41) is 0. The van der Waals surface area contributed by atoms with Crippen molar-refractivity contribution in [1.29, 1.82) is 0 Å². The van der Waals surface area contributed by atoms with Gasteiger partial charge in [-0.3, -0.25) is 4.79 Å². The number of unbranched alkanes of at least 4 members (excludes halogenated alkanes) is 47. The maximum atomic E-state index is 12.1.